The summed E-state index contributed by atoms with van der Waals surface area (Å²) in [4.78, 5) is 15.0. The number of hydrogen-bond acceptors (Lipinski definition) is 4. The lowest BCUT2D eigenvalue weighted by atomic mass is 9.88. The van der Waals surface area contributed by atoms with E-state index in [-0.39, 0.29) is 5.78 Å². The first-order chi connectivity index (χ1) is 12.2. The topological polar surface area (TPSA) is 43.1 Å². The first-order valence-corrected chi connectivity index (χ1v) is 8.92. The van der Waals surface area contributed by atoms with Crippen molar-refractivity contribution in [1.29, 1.82) is 0 Å². The highest BCUT2D eigenvalue weighted by Gasteiger charge is 2.32. The van der Waals surface area contributed by atoms with Crippen LogP contribution < -0.4 is 0 Å². The predicted octanol–water partition coefficient (Wildman–Crippen LogP) is 5.84. The highest BCUT2D eigenvalue weighted by Crippen LogP contribution is 2.46. The zero-order chi connectivity index (χ0) is 17.0. The molecule has 4 aromatic rings. The van der Waals surface area contributed by atoms with E-state index >= 15 is 0 Å². The van der Waals surface area contributed by atoms with Crippen LogP contribution in [-0.2, 0) is 0 Å². The van der Waals surface area contributed by atoms with Gasteiger partial charge in [0.2, 0.25) is 0 Å². The van der Waals surface area contributed by atoms with Gasteiger partial charge in [-0.25, -0.2) is 0 Å². The second-order valence-electron chi connectivity index (χ2n) is 5.76. The number of hydrogen-bond donors (Lipinski definition) is 0. The Morgan fingerprint density at radius 3 is 2.48 bits per heavy atom. The summed E-state index contributed by atoms with van der Waals surface area (Å²) in [5.41, 5.74) is 2.54. The maximum atomic E-state index is 13.2. The number of rotatable bonds is 2. The van der Waals surface area contributed by atoms with Gasteiger partial charge in [0.25, 0.3) is 0 Å². The Kier molecular flexibility index (Phi) is 3.23. The van der Waals surface area contributed by atoms with Crippen LogP contribution >= 0.6 is 23.4 Å². The minimum atomic E-state index is -0.0219. The summed E-state index contributed by atoms with van der Waals surface area (Å²) in [5.74, 6) is 0.587. The molecule has 5 heteroatoms. The summed E-state index contributed by atoms with van der Waals surface area (Å²) in [6.07, 6.45) is 0. The number of nitrogens with zero attached hydrogens (tertiary/aromatic N) is 1. The van der Waals surface area contributed by atoms with Gasteiger partial charge in [-0.15, -0.1) is 0 Å². The standard InChI is InChI=1S/C20H10ClNO2S/c21-14-10-15(25-11-6-2-1-3-7-11)16-17-18(14)22-24-20(17)13-9-5-4-8-12(13)19(16)23/h1-10H. The van der Waals surface area contributed by atoms with E-state index in [1.54, 1.807) is 6.07 Å². The molecule has 1 heterocycles. The highest BCUT2D eigenvalue weighted by atomic mass is 35.5. The number of aromatic nitrogens is 1. The molecule has 25 heavy (non-hydrogen) atoms. The average Bonchev–Trinajstić information content (AvgIpc) is 3.08. The fourth-order valence-electron chi connectivity index (χ4n) is 3.18. The summed E-state index contributed by atoms with van der Waals surface area (Å²) in [6.45, 7) is 0. The maximum Gasteiger partial charge on any atom is 0.195 e. The summed E-state index contributed by atoms with van der Waals surface area (Å²) in [6, 6.07) is 19.1. The van der Waals surface area contributed by atoms with E-state index in [1.165, 1.54) is 11.8 Å². The molecule has 0 radical (unpaired) electrons. The van der Waals surface area contributed by atoms with E-state index in [1.807, 2.05) is 54.6 Å². The van der Waals surface area contributed by atoms with Gasteiger partial charge in [-0.3, -0.25) is 4.79 Å². The van der Waals surface area contributed by atoms with Crippen molar-refractivity contribution in [2.75, 3.05) is 0 Å². The Morgan fingerprint density at radius 2 is 1.68 bits per heavy atom. The summed E-state index contributed by atoms with van der Waals surface area (Å²) in [5, 5.41) is 5.29. The molecular weight excluding hydrogens is 354 g/mol. The van der Waals surface area contributed by atoms with Crippen molar-refractivity contribution in [3.8, 4) is 11.3 Å². The zero-order valence-corrected chi connectivity index (χ0v) is 14.4. The van der Waals surface area contributed by atoms with Crippen LogP contribution in [0.5, 0.6) is 0 Å². The Balaban J connectivity index is 1.83. The van der Waals surface area contributed by atoms with Crippen LogP contribution in [0.4, 0.5) is 0 Å². The Labute approximate surface area is 152 Å². The highest BCUT2D eigenvalue weighted by molar-refractivity contribution is 7.99. The summed E-state index contributed by atoms with van der Waals surface area (Å²) < 4.78 is 5.56. The molecule has 1 aliphatic rings. The molecule has 0 fully saturated rings. The number of fused-ring (bicyclic) bond motifs is 2. The molecule has 0 amide bonds. The zero-order valence-electron chi connectivity index (χ0n) is 12.8. The van der Waals surface area contributed by atoms with Gasteiger partial charge in [0.05, 0.1) is 10.4 Å². The molecule has 0 bridgehead atoms. The molecule has 0 unspecified atom stereocenters. The van der Waals surface area contributed by atoms with E-state index in [0.717, 1.165) is 15.4 Å². The largest absolute Gasteiger partial charge is 0.355 e. The lowest BCUT2D eigenvalue weighted by Crippen LogP contribution is -2.10. The molecule has 0 spiro atoms. The molecular formula is C20H10ClNO2S. The molecule has 1 aromatic heterocycles. The second kappa shape index (κ2) is 5.48. The van der Waals surface area contributed by atoms with Crippen LogP contribution in [0, 0.1) is 0 Å². The molecule has 0 saturated carbocycles. The summed E-state index contributed by atoms with van der Waals surface area (Å²) >= 11 is 7.94. The van der Waals surface area contributed by atoms with E-state index in [4.69, 9.17) is 16.1 Å². The van der Waals surface area contributed by atoms with Crippen molar-refractivity contribution < 1.29 is 9.32 Å². The second-order valence-corrected chi connectivity index (χ2v) is 7.28. The molecule has 0 saturated heterocycles. The van der Waals surface area contributed by atoms with Crippen LogP contribution in [-0.4, -0.2) is 10.9 Å². The van der Waals surface area contributed by atoms with Crippen LogP contribution in [0.25, 0.3) is 22.2 Å². The van der Waals surface area contributed by atoms with Gasteiger partial charge in [0.15, 0.2) is 11.5 Å². The van der Waals surface area contributed by atoms with Crippen molar-refractivity contribution in [3.63, 3.8) is 0 Å². The molecule has 5 rings (SSSR count). The van der Waals surface area contributed by atoms with Gasteiger partial charge in [-0.05, 0) is 18.2 Å². The van der Waals surface area contributed by atoms with Crippen LogP contribution in [0.1, 0.15) is 15.9 Å². The molecule has 120 valence electrons. The van der Waals surface area contributed by atoms with Crippen molar-refractivity contribution in [1.82, 2.24) is 5.16 Å². The molecule has 0 N–H and O–H groups in total. The van der Waals surface area contributed by atoms with Crippen LogP contribution in [0.2, 0.25) is 5.02 Å². The minimum absolute atomic E-state index is 0.0219. The van der Waals surface area contributed by atoms with Gasteiger partial charge < -0.3 is 4.52 Å². The number of ketones is 1. The Bertz CT molecular complexity index is 1150. The SMILES string of the molecule is O=C1c2ccccc2-c2onc3c(Cl)cc(Sc4ccccc4)c1c23. The molecule has 3 aromatic carbocycles. The predicted molar refractivity (Wildman–Crippen MR) is 98.5 cm³/mol. The molecule has 0 aliphatic heterocycles. The maximum absolute atomic E-state index is 13.2. The van der Waals surface area contributed by atoms with Gasteiger partial charge in [-0.1, -0.05) is 71.0 Å². The number of carbonyl (C=O) groups excluding carboxylic acids is 1. The van der Waals surface area contributed by atoms with Gasteiger partial charge in [0.1, 0.15) is 5.52 Å². The third-order valence-corrected chi connectivity index (χ3v) is 5.62. The smallest absolute Gasteiger partial charge is 0.195 e. The van der Waals surface area contributed by atoms with Crippen LogP contribution in [0.3, 0.4) is 0 Å². The Hall–Kier alpha value is -2.56. The third-order valence-electron chi connectivity index (χ3n) is 4.29. The van der Waals surface area contributed by atoms with E-state index in [9.17, 15) is 4.79 Å². The lowest BCUT2D eigenvalue weighted by molar-refractivity contribution is 0.103. The monoisotopic (exact) mass is 363 g/mol. The summed E-state index contributed by atoms with van der Waals surface area (Å²) in [7, 11) is 0. The lowest BCUT2D eigenvalue weighted by Gasteiger charge is -2.17. The third kappa shape index (κ3) is 2.15. The molecule has 0 atom stereocenters. The van der Waals surface area contributed by atoms with E-state index < -0.39 is 0 Å². The van der Waals surface area contributed by atoms with Crippen molar-refractivity contribution in [3.05, 3.63) is 76.8 Å². The van der Waals surface area contributed by atoms with Gasteiger partial charge >= 0.3 is 0 Å². The normalized spacial score (nSPS) is 12.4. The Morgan fingerprint density at radius 1 is 0.960 bits per heavy atom. The van der Waals surface area contributed by atoms with Gasteiger partial charge in [-0.2, -0.15) is 0 Å². The fourth-order valence-corrected chi connectivity index (χ4v) is 4.51. The minimum Gasteiger partial charge on any atom is -0.355 e. The fraction of sp³-hybridized carbons (Fsp3) is 0. The van der Waals surface area contributed by atoms with E-state index in [0.29, 0.717) is 32.8 Å². The number of carbonyl (C=O) groups is 1. The van der Waals surface area contributed by atoms with E-state index in [2.05, 4.69) is 5.16 Å². The van der Waals surface area contributed by atoms with Crippen molar-refractivity contribution in [2.45, 2.75) is 9.79 Å². The number of benzene rings is 3. The quantitative estimate of drug-likeness (QED) is 0.395. The van der Waals surface area contributed by atoms with Crippen molar-refractivity contribution >= 4 is 40.0 Å². The van der Waals surface area contributed by atoms with Gasteiger partial charge in [0, 0.05) is 26.5 Å². The van der Waals surface area contributed by atoms with Crippen molar-refractivity contribution in [2.24, 2.45) is 0 Å². The first-order valence-electron chi connectivity index (χ1n) is 7.73. The van der Waals surface area contributed by atoms with Crippen LogP contribution in [0.15, 0.2) is 75.0 Å². The average molecular weight is 364 g/mol. The molecule has 1 aliphatic carbocycles. The molecule has 3 nitrogen and oxygen atoms in total. The first kappa shape index (κ1) is 14.8. The number of halogens is 1.